The summed E-state index contributed by atoms with van der Waals surface area (Å²) in [5, 5.41) is 0. The normalized spacial score (nSPS) is 11.5. The van der Waals surface area contributed by atoms with Gasteiger partial charge in [0.2, 0.25) is 0 Å². The summed E-state index contributed by atoms with van der Waals surface area (Å²) < 4.78 is 5.16. The Morgan fingerprint density at radius 2 is 1.87 bits per heavy atom. The van der Waals surface area contributed by atoms with E-state index in [4.69, 9.17) is 10.2 Å². The molecule has 1 heterocycles. The van der Waals surface area contributed by atoms with Gasteiger partial charge in [-0.2, -0.15) is 0 Å². The molecule has 74 valence electrons. The van der Waals surface area contributed by atoms with Crippen LogP contribution in [0.15, 0.2) is 53.1 Å². The fourth-order valence-corrected chi connectivity index (χ4v) is 1.22. The average molecular weight is 197 g/mol. The Hall–Kier alpha value is -1.98. The highest BCUT2D eigenvalue weighted by atomic mass is 16.3. The second kappa shape index (κ2) is 4.50. The molecule has 15 heavy (non-hydrogen) atoms. The largest absolute Gasteiger partial charge is 0.467 e. The zero-order valence-corrected chi connectivity index (χ0v) is 8.18. The standard InChI is InChI=1S/C13H11NO/c14-12(13-7-4-10-15-13)9-8-11-5-2-1-3-6-11/h1-7,10,12H,14H2/t12-/m1/s1. The van der Waals surface area contributed by atoms with E-state index in [0.29, 0.717) is 5.76 Å². The van der Waals surface area contributed by atoms with E-state index in [1.807, 2.05) is 36.4 Å². The molecule has 1 aromatic heterocycles. The molecule has 2 heteroatoms. The summed E-state index contributed by atoms with van der Waals surface area (Å²) in [7, 11) is 0. The lowest BCUT2D eigenvalue weighted by Gasteiger charge is -1.97. The molecule has 0 spiro atoms. The minimum absolute atomic E-state index is 0.361. The van der Waals surface area contributed by atoms with E-state index in [2.05, 4.69) is 11.8 Å². The second-order valence-electron chi connectivity index (χ2n) is 3.13. The van der Waals surface area contributed by atoms with Gasteiger partial charge in [0.25, 0.3) is 0 Å². The van der Waals surface area contributed by atoms with Crippen molar-refractivity contribution in [2.75, 3.05) is 0 Å². The molecule has 0 amide bonds. The van der Waals surface area contributed by atoms with Crippen LogP contribution in [0.2, 0.25) is 0 Å². The number of nitrogens with two attached hydrogens (primary N) is 1. The van der Waals surface area contributed by atoms with Crippen LogP contribution in [-0.4, -0.2) is 0 Å². The van der Waals surface area contributed by atoms with Crippen LogP contribution in [-0.2, 0) is 0 Å². The second-order valence-corrected chi connectivity index (χ2v) is 3.13. The quantitative estimate of drug-likeness (QED) is 0.712. The SMILES string of the molecule is N[C@H](C#Cc1ccccc1)c1ccco1. The van der Waals surface area contributed by atoms with Crippen LogP contribution >= 0.6 is 0 Å². The summed E-state index contributed by atoms with van der Waals surface area (Å²) in [5.74, 6) is 6.63. The van der Waals surface area contributed by atoms with Gasteiger partial charge in [-0.05, 0) is 24.3 Å². The van der Waals surface area contributed by atoms with Gasteiger partial charge in [-0.1, -0.05) is 30.0 Å². The van der Waals surface area contributed by atoms with E-state index in [0.717, 1.165) is 5.56 Å². The van der Waals surface area contributed by atoms with Gasteiger partial charge in [0, 0.05) is 5.56 Å². The third kappa shape index (κ3) is 2.49. The highest BCUT2D eigenvalue weighted by Gasteiger charge is 2.03. The number of benzene rings is 1. The van der Waals surface area contributed by atoms with Gasteiger partial charge in [-0.25, -0.2) is 0 Å². The van der Waals surface area contributed by atoms with Crippen LogP contribution < -0.4 is 5.73 Å². The van der Waals surface area contributed by atoms with Crippen molar-refractivity contribution in [1.82, 2.24) is 0 Å². The number of hydrogen-bond acceptors (Lipinski definition) is 2. The maximum Gasteiger partial charge on any atom is 0.132 e. The molecule has 1 atom stereocenters. The summed E-state index contributed by atoms with van der Waals surface area (Å²) in [6, 6.07) is 13.0. The zero-order chi connectivity index (χ0) is 10.5. The summed E-state index contributed by atoms with van der Waals surface area (Å²) in [6.45, 7) is 0. The molecule has 0 aliphatic heterocycles. The van der Waals surface area contributed by atoms with Gasteiger partial charge in [-0.15, -0.1) is 0 Å². The third-order valence-electron chi connectivity index (χ3n) is 2.00. The van der Waals surface area contributed by atoms with E-state index >= 15 is 0 Å². The Bertz CT molecular complexity index is 462. The van der Waals surface area contributed by atoms with Gasteiger partial charge in [0.1, 0.15) is 11.8 Å². The maximum atomic E-state index is 5.82. The molecule has 2 nitrogen and oxygen atoms in total. The summed E-state index contributed by atoms with van der Waals surface area (Å²) in [6.07, 6.45) is 1.60. The first-order valence-corrected chi connectivity index (χ1v) is 4.72. The van der Waals surface area contributed by atoms with Crippen molar-refractivity contribution < 1.29 is 4.42 Å². The lowest BCUT2D eigenvalue weighted by atomic mass is 10.2. The highest BCUT2D eigenvalue weighted by molar-refractivity contribution is 5.35. The first-order chi connectivity index (χ1) is 7.36. The van der Waals surface area contributed by atoms with Crippen LogP contribution in [0.25, 0.3) is 0 Å². The average Bonchev–Trinajstić information content (AvgIpc) is 2.81. The van der Waals surface area contributed by atoms with Gasteiger partial charge in [-0.3, -0.25) is 0 Å². The molecular formula is C13H11NO. The van der Waals surface area contributed by atoms with E-state index in [-0.39, 0.29) is 6.04 Å². The van der Waals surface area contributed by atoms with Crippen molar-refractivity contribution in [3.8, 4) is 11.8 Å². The van der Waals surface area contributed by atoms with E-state index < -0.39 is 0 Å². The molecule has 0 aliphatic carbocycles. The Morgan fingerprint density at radius 1 is 1.07 bits per heavy atom. The molecule has 2 aromatic rings. The lowest BCUT2D eigenvalue weighted by molar-refractivity contribution is 0.498. The third-order valence-corrected chi connectivity index (χ3v) is 2.00. The van der Waals surface area contributed by atoms with Crippen molar-refractivity contribution in [2.45, 2.75) is 6.04 Å². The molecule has 0 unspecified atom stereocenters. The Morgan fingerprint density at radius 3 is 2.53 bits per heavy atom. The van der Waals surface area contributed by atoms with Gasteiger partial charge in [0.05, 0.1) is 6.26 Å². The topological polar surface area (TPSA) is 39.2 Å². The zero-order valence-electron chi connectivity index (χ0n) is 8.18. The van der Waals surface area contributed by atoms with Crippen LogP contribution in [0.3, 0.4) is 0 Å². The monoisotopic (exact) mass is 197 g/mol. The van der Waals surface area contributed by atoms with Crippen molar-refractivity contribution >= 4 is 0 Å². The van der Waals surface area contributed by atoms with Crippen molar-refractivity contribution in [3.05, 3.63) is 60.1 Å². The molecule has 0 saturated carbocycles. The molecule has 1 aromatic carbocycles. The van der Waals surface area contributed by atoms with Crippen molar-refractivity contribution in [1.29, 1.82) is 0 Å². The number of furan rings is 1. The van der Waals surface area contributed by atoms with Crippen LogP contribution in [0.4, 0.5) is 0 Å². The first kappa shape index (κ1) is 9.57. The molecule has 0 radical (unpaired) electrons. The number of hydrogen-bond donors (Lipinski definition) is 1. The van der Waals surface area contributed by atoms with E-state index in [9.17, 15) is 0 Å². The first-order valence-electron chi connectivity index (χ1n) is 4.72. The molecule has 2 rings (SSSR count). The molecule has 0 saturated heterocycles. The predicted molar refractivity (Wildman–Crippen MR) is 59.0 cm³/mol. The molecule has 0 fully saturated rings. The smallest absolute Gasteiger partial charge is 0.132 e. The van der Waals surface area contributed by atoms with E-state index in [1.165, 1.54) is 0 Å². The summed E-state index contributed by atoms with van der Waals surface area (Å²) >= 11 is 0. The Labute approximate surface area is 88.7 Å². The van der Waals surface area contributed by atoms with Gasteiger partial charge in [0.15, 0.2) is 0 Å². The van der Waals surface area contributed by atoms with Gasteiger partial charge >= 0.3 is 0 Å². The van der Waals surface area contributed by atoms with Crippen LogP contribution in [0, 0.1) is 11.8 Å². The fourth-order valence-electron chi connectivity index (χ4n) is 1.22. The summed E-state index contributed by atoms with van der Waals surface area (Å²) in [5.41, 5.74) is 6.78. The fraction of sp³-hybridized carbons (Fsp3) is 0.0769. The van der Waals surface area contributed by atoms with E-state index in [1.54, 1.807) is 12.3 Å². The van der Waals surface area contributed by atoms with Gasteiger partial charge < -0.3 is 10.2 Å². The Balaban J connectivity index is 2.13. The highest BCUT2D eigenvalue weighted by Crippen LogP contribution is 2.09. The van der Waals surface area contributed by atoms with Crippen molar-refractivity contribution in [3.63, 3.8) is 0 Å². The van der Waals surface area contributed by atoms with Crippen molar-refractivity contribution in [2.24, 2.45) is 5.73 Å². The minimum Gasteiger partial charge on any atom is -0.467 e. The molecule has 0 aliphatic rings. The predicted octanol–water partition coefficient (Wildman–Crippen LogP) is 2.33. The molecular weight excluding hydrogens is 186 g/mol. The minimum atomic E-state index is -0.361. The molecule has 0 bridgehead atoms. The Kier molecular flexibility index (Phi) is 2.87. The number of rotatable bonds is 1. The van der Waals surface area contributed by atoms with Crippen LogP contribution in [0.5, 0.6) is 0 Å². The van der Waals surface area contributed by atoms with Crippen LogP contribution in [0.1, 0.15) is 17.4 Å². The lowest BCUT2D eigenvalue weighted by Crippen LogP contribution is -2.05. The summed E-state index contributed by atoms with van der Waals surface area (Å²) in [4.78, 5) is 0. The maximum absolute atomic E-state index is 5.82. The molecule has 2 N–H and O–H groups in total.